The Morgan fingerprint density at radius 2 is 2.06 bits per heavy atom. The van der Waals surface area contributed by atoms with Gasteiger partial charge in [-0.2, -0.15) is 0 Å². The van der Waals surface area contributed by atoms with Crippen molar-refractivity contribution in [2.24, 2.45) is 0 Å². The predicted molar refractivity (Wildman–Crippen MR) is 71.3 cm³/mol. The molecule has 1 saturated heterocycles. The summed E-state index contributed by atoms with van der Waals surface area (Å²) in [7, 11) is 0. The summed E-state index contributed by atoms with van der Waals surface area (Å²) in [5.74, 6) is 0.337. The van der Waals surface area contributed by atoms with Gasteiger partial charge in [-0.3, -0.25) is 9.78 Å². The number of fused-ring (bicyclic) bond motifs is 1. The number of para-hydroxylation sites is 1. The third-order valence-electron chi connectivity index (χ3n) is 3.78. The minimum atomic E-state index is -0.193. The van der Waals surface area contributed by atoms with E-state index in [9.17, 15) is 4.79 Å². The van der Waals surface area contributed by atoms with Crippen molar-refractivity contribution in [2.75, 3.05) is 0 Å². The average molecular weight is 240 g/mol. The second kappa shape index (κ2) is 3.80. The van der Waals surface area contributed by atoms with Crippen LogP contribution in [0.2, 0.25) is 0 Å². The van der Waals surface area contributed by atoms with Gasteiger partial charge in [0.2, 0.25) is 5.91 Å². The van der Waals surface area contributed by atoms with E-state index in [4.69, 9.17) is 0 Å². The van der Waals surface area contributed by atoms with Crippen molar-refractivity contribution in [3.05, 3.63) is 42.1 Å². The quantitative estimate of drug-likeness (QED) is 0.832. The first kappa shape index (κ1) is 11.2. The molecular formula is C15H16N2O. The Morgan fingerprint density at radius 1 is 1.28 bits per heavy atom. The number of nitrogens with one attached hydrogen (secondary N) is 1. The van der Waals surface area contributed by atoms with E-state index in [1.54, 1.807) is 0 Å². The summed E-state index contributed by atoms with van der Waals surface area (Å²) < 4.78 is 0. The minimum Gasteiger partial charge on any atom is -0.351 e. The van der Waals surface area contributed by atoms with E-state index >= 15 is 0 Å². The summed E-state index contributed by atoms with van der Waals surface area (Å²) >= 11 is 0. The molecule has 0 saturated carbocycles. The van der Waals surface area contributed by atoms with Crippen molar-refractivity contribution in [1.82, 2.24) is 10.3 Å². The third-order valence-corrected chi connectivity index (χ3v) is 3.78. The van der Waals surface area contributed by atoms with E-state index < -0.39 is 0 Å². The van der Waals surface area contributed by atoms with E-state index in [1.807, 2.05) is 30.5 Å². The van der Waals surface area contributed by atoms with Crippen LogP contribution in [0, 0.1) is 0 Å². The average Bonchev–Trinajstić information content (AvgIpc) is 2.61. The Hall–Kier alpha value is -1.90. The molecule has 18 heavy (non-hydrogen) atoms. The van der Waals surface area contributed by atoms with Crippen LogP contribution in [0.15, 0.2) is 36.5 Å². The molecule has 1 aromatic carbocycles. The van der Waals surface area contributed by atoms with E-state index in [0.29, 0.717) is 6.42 Å². The SMILES string of the molecule is CC1(C)NC(=O)CC1c1ccnc2ccccc12. The topological polar surface area (TPSA) is 42.0 Å². The van der Waals surface area contributed by atoms with Crippen LogP contribution in [0.1, 0.15) is 31.7 Å². The van der Waals surface area contributed by atoms with Gasteiger partial charge in [-0.05, 0) is 31.5 Å². The van der Waals surface area contributed by atoms with E-state index in [2.05, 4.69) is 30.2 Å². The third kappa shape index (κ3) is 1.67. The molecule has 0 spiro atoms. The molecular weight excluding hydrogens is 224 g/mol. The van der Waals surface area contributed by atoms with Gasteiger partial charge in [0, 0.05) is 29.5 Å². The molecule has 2 heterocycles. The summed E-state index contributed by atoms with van der Waals surface area (Å²) in [6, 6.07) is 10.1. The highest BCUT2D eigenvalue weighted by Crippen LogP contribution is 2.38. The lowest BCUT2D eigenvalue weighted by molar-refractivity contribution is -0.119. The fraction of sp³-hybridized carbons (Fsp3) is 0.333. The summed E-state index contributed by atoms with van der Waals surface area (Å²) in [6.07, 6.45) is 2.39. The zero-order valence-electron chi connectivity index (χ0n) is 10.6. The number of hydrogen-bond acceptors (Lipinski definition) is 2. The van der Waals surface area contributed by atoms with Crippen LogP contribution >= 0.6 is 0 Å². The molecule has 1 unspecified atom stereocenters. The maximum atomic E-state index is 11.7. The lowest BCUT2D eigenvalue weighted by Crippen LogP contribution is -2.38. The van der Waals surface area contributed by atoms with Gasteiger partial charge < -0.3 is 5.32 Å². The molecule has 1 aliphatic rings. The minimum absolute atomic E-state index is 0.130. The first-order valence-corrected chi connectivity index (χ1v) is 6.22. The number of pyridine rings is 1. The summed E-state index contributed by atoms with van der Waals surface area (Å²) in [5.41, 5.74) is 2.01. The van der Waals surface area contributed by atoms with Gasteiger partial charge in [0.05, 0.1) is 5.52 Å². The Bertz CT molecular complexity index is 613. The summed E-state index contributed by atoms with van der Waals surface area (Å²) in [6.45, 7) is 4.16. The molecule has 2 aromatic rings. The van der Waals surface area contributed by atoms with Crippen LogP contribution in [0.3, 0.4) is 0 Å². The molecule has 3 nitrogen and oxygen atoms in total. The highest BCUT2D eigenvalue weighted by molar-refractivity contribution is 5.86. The second-order valence-electron chi connectivity index (χ2n) is 5.44. The second-order valence-corrected chi connectivity index (χ2v) is 5.44. The largest absolute Gasteiger partial charge is 0.351 e. The predicted octanol–water partition coefficient (Wildman–Crippen LogP) is 2.62. The molecule has 0 bridgehead atoms. The molecule has 0 aliphatic carbocycles. The fourth-order valence-corrected chi connectivity index (χ4v) is 2.86. The van der Waals surface area contributed by atoms with Gasteiger partial charge >= 0.3 is 0 Å². The van der Waals surface area contributed by atoms with Gasteiger partial charge in [-0.25, -0.2) is 0 Å². The molecule has 1 N–H and O–H groups in total. The molecule has 1 amide bonds. The van der Waals surface area contributed by atoms with E-state index in [1.165, 1.54) is 5.56 Å². The number of aromatic nitrogens is 1. The van der Waals surface area contributed by atoms with Crippen molar-refractivity contribution in [1.29, 1.82) is 0 Å². The van der Waals surface area contributed by atoms with Crippen molar-refractivity contribution >= 4 is 16.8 Å². The first-order chi connectivity index (χ1) is 8.58. The van der Waals surface area contributed by atoms with Crippen LogP contribution < -0.4 is 5.32 Å². The molecule has 92 valence electrons. The van der Waals surface area contributed by atoms with Gasteiger partial charge in [-0.1, -0.05) is 18.2 Å². The Labute approximate surface area is 106 Å². The monoisotopic (exact) mass is 240 g/mol. The van der Waals surface area contributed by atoms with E-state index in [0.717, 1.165) is 10.9 Å². The fourth-order valence-electron chi connectivity index (χ4n) is 2.86. The van der Waals surface area contributed by atoms with E-state index in [-0.39, 0.29) is 17.4 Å². The normalized spacial score (nSPS) is 22.1. The Morgan fingerprint density at radius 3 is 2.78 bits per heavy atom. The lowest BCUT2D eigenvalue weighted by atomic mass is 9.82. The van der Waals surface area contributed by atoms with Crippen molar-refractivity contribution in [3.8, 4) is 0 Å². The van der Waals surface area contributed by atoms with Crippen LogP contribution in [-0.4, -0.2) is 16.4 Å². The molecule has 3 rings (SSSR count). The maximum Gasteiger partial charge on any atom is 0.221 e. The number of carbonyl (C=O) groups excluding carboxylic acids is 1. The molecule has 1 atom stereocenters. The van der Waals surface area contributed by atoms with Crippen LogP contribution in [0.4, 0.5) is 0 Å². The maximum absolute atomic E-state index is 11.7. The molecule has 1 aromatic heterocycles. The Balaban J connectivity index is 2.18. The number of hydrogen-bond donors (Lipinski definition) is 1. The molecule has 3 heteroatoms. The summed E-state index contributed by atoms with van der Waals surface area (Å²) in [5, 5.41) is 4.19. The van der Waals surface area contributed by atoms with Gasteiger partial charge in [0.15, 0.2) is 0 Å². The van der Waals surface area contributed by atoms with Crippen molar-refractivity contribution < 1.29 is 4.79 Å². The molecule has 1 fully saturated rings. The van der Waals surface area contributed by atoms with Crippen LogP contribution in [-0.2, 0) is 4.79 Å². The smallest absolute Gasteiger partial charge is 0.221 e. The zero-order valence-corrected chi connectivity index (χ0v) is 10.6. The Kier molecular flexibility index (Phi) is 2.37. The van der Waals surface area contributed by atoms with Crippen LogP contribution in [0.5, 0.6) is 0 Å². The van der Waals surface area contributed by atoms with Gasteiger partial charge in [0.25, 0.3) is 0 Å². The summed E-state index contributed by atoms with van der Waals surface area (Å²) in [4.78, 5) is 16.0. The number of benzene rings is 1. The number of amides is 1. The highest BCUT2D eigenvalue weighted by Gasteiger charge is 2.40. The van der Waals surface area contributed by atoms with Crippen molar-refractivity contribution in [3.63, 3.8) is 0 Å². The van der Waals surface area contributed by atoms with Crippen molar-refractivity contribution in [2.45, 2.75) is 31.7 Å². The number of carbonyl (C=O) groups is 1. The zero-order chi connectivity index (χ0) is 12.8. The molecule has 1 aliphatic heterocycles. The number of nitrogens with zero attached hydrogens (tertiary/aromatic N) is 1. The molecule has 0 radical (unpaired) electrons. The van der Waals surface area contributed by atoms with Gasteiger partial charge in [0.1, 0.15) is 0 Å². The van der Waals surface area contributed by atoms with Gasteiger partial charge in [-0.15, -0.1) is 0 Å². The lowest BCUT2D eigenvalue weighted by Gasteiger charge is -2.27. The first-order valence-electron chi connectivity index (χ1n) is 6.22. The van der Waals surface area contributed by atoms with Crippen LogP contribution in [0.25, 0.3) is 10.9 Å². The standard InChI is InChI=1S/C15H16N2O/c1-15(2)12(9-14(18)17-15)10-7-8-16-13-6-4-3-5-11(10)13/h3-8,12H,9H2,1-2H3,(H,17,18). The number of rotatable bonds is 1. The highest BCUT2D eigenvalue weighted by atomic mass is 16.2.